The molecule has 132 valence electrons. The zero-order valence-electron chi connectivity index (χ0n) is 14.2. The van der Waals surface area contributed by atoms with Crippen molar-refractivity contribution in [2.45, 2.75) is 24.0 Å². The Morgan fingerprint density at radius 2 is 1.56 bits per heavy atom. The maximum atomic E-state index is 12.8. The fraction of sp³-hybridized carbons (Fsp3) is 0.278. The molecule has 2 unspecified atom stereocenters. The van der Waals surface area contributed by atoms with Gasteiger partial charge in [-0.1, -0.05) is 12.1 Å². The number of hydrogen-bond donors (Lipinski definition) is 0. The third-order valence-electron chi connectivity index (χ3n) is 4.07. The SMILES string of the molecule is CC1Oc2ccccc2OC1C(=O)N(C)c1ccc(S(C)(=O)=O)cc1. The van der Waals surface area contributed by atoms with Crippen LogP contribution in [0.15, 0.2) is 53.4 Å². The van der Waals surface area contributed by atoms with Gasteiger partial charge in [0.25, 0.3) is 5.91 Å². The van der Waals surface area contributed by atoms with Gasteiger partial charge in [-0.2, -0.15) is 0 Å². The van der Waals surface area contributed by atoms with Crippen LogP contribution in [0.2, 0.25) is 0 Å². The van der Waals surface area contributed by atoms with Crippen LogP contribution in [0.25, 0.3) is 0 Å². The number of para-hydroxylation sites is 2. The summed E-state index contributed by atoms with van der Waals surface area (Å²) in [5.41, 5.74) is 0.576. The molecular weight excluding hydrogens is 342 g/mol. The second-order valence-corrected chi connectivity index (χ2v) is 7.99. The van der Waals surface area contributed by atoms with Crippen molar-refractivity contribution in [1.29, 1.82) is 0 Å². The first-order chi connectivity index (χ1) is 11.8. The molecule has 1 heterocycles. The summed E-state index contributed by atoms with van der Waals surface area (Å²) in [4.78, 5) is 14.4. The maximum absolute atomic E-state index is 12.8. The molecule has 0 radical (unpaired) electrons. The summed E-state index contributed by atoms with van der Waals surface area (Å²) in [7, 11) is -1.66. The highest BCUT2D eigenvalue weighted by Crippen LogP contribution is 2.34. The van der Waals surface area contributed by atoms with Crippen molar-refractivity contribution in [2.24, 2.45) is 0 Å². The lowest BCUT2D eigenvalue weighted by Gasteiger charge is -2.33. The van der Waals surface area contributed by atoms with Crippen molar-refractivity contribution < 1.29 is 22.7 Å². The Hall–Kier alpha value is -2.54. The van der Waals surface area contributed by atoms with E-state index in [1.807, 2.05) is 12.1 Å². The maximum Gasteiger partial charge on any atom is 0.271 e. The number of benzene rings is 2. The van der Waals surface area contributed by atoms with Gasteiger partial charge in [0.1, 0.15) is 6.10 Å². The highest BCUT2D eigenvalue weighted by Gasteiger charge is 2.36. The molecule has 0 saturated heterocycles. The van der Waals surface area contributed by atoms with Crippen LogP contribution in [0.5, 0.6) is 11.5 Å². The van der Waals surface area contributed by atoms with Crippen LogP contribution in [0.4, 0.5) is 5.69 Å². The second kappa shape index (κ2) is 6.40. The first kappa shape index (κ1) is 17.3. The van der Waals surface area contributed by atoms with E-state index in [9.17, 15) is 13.2 Å². The zero-order chi connectivity index (χ0) is 18.2. The van der Waals surface area contributed by atoms with Gasteiger partial charge in [0.05, 0.1) is 4.90 Å². The first-order valence-electron chi connectivity index (χ1n) is 7.77. The number of amides is 1. The molecule has 2 aromatic rings. The van der Waals surface area contributed by atoms with E-state index >= 15 is 0 Å². The summed E-state index contributed by atoms with van der Waals surface area (Å²) in [5, 5.41) is 0. The van der Waals surface area contributed by atoms with Crippen molar-refractivity contribution in [2.75, 3.05) is 18.2 Å². The lowest BCUT2D eigenvalue weighted by molar-refractivity contribution is -0.130. The quantitative estimate of drug-likeness (QED) is 0.839. The Bertz CT molecular complexity index is 892. The van der Waals surface area contributed by atoms with Crippen molar-refractivity contribution in [1.82, 2.24) is 0 Å². The van der Waals surface area contributed by atoms with E-state index in [1.165, 1.54) is 17.0 Å². The smallest absolute Gasteiger partial charge is 0.271 e. The fourth-order valence-electron chi connectivity index (χ4n) is 2.63. The number of nitrogens with zero attached hydrogens (tertiary/aromatic N) is 1. The Kier molecular flexibility index (Phi) is 4.43. The van der Waals surface area contributed by atoms with Crippen LogP contribution in [-0.4, -0.2) is 39.8 Å². The summed E-state index contributed by atoms with van der Waals surface area (Å²) in [6.45, 7) is 1.78. The Morgan fingerprint density at radius 3 is 2.12 bits per heavy atom. The third-order valence-corrected chi connectivity index (χ3v) is 5.20. The van der Waals surface area contributed by atoms with Gasteiger partial charge in [0, 0.05) is 19.0 Å². The molecule has 2 atom stereocenters. The van der Waals surface area contributed by atoms with Gasteiger partial charge < -0.3 is 14.4 Å². The van der Waals surface area contributed by atoms with Gasteiger partial charge in [0.15, 0.2) is 21.3 Å². The van der Waals surface area contributed by atoms with Gasteiger partial charge in [0.2, 0.25) is 6.10 Å². The van der Waals surface area contributed by atoms with Crippen molar-refractivity contribution in [3.8, 4) is 11.5 Å². The lowest BCUT2D eigenvalue weighted by atomic mass is 10.1. The van der Waals surface area contributed by atoms with E-state index < -0.39 is 22.0 Å². The number of rotatable bonds is 3. The van der Waals surface area contributed by atoms with Crippen molar-refractivity contribution >= 4 is 21.4 Å². The normalized spacial score (nSPS) is 19.3. The number of anilines is 1. The molecule has 0 saturated carbocycles. The minimum absolute atomic E-state index is 0.205. The van der Waals surface area contributed by atoms with E-state index in [4.69, 9.17) is 9.47 Å². The summed E-state index contributed by atoms with van der Waals surface area (Å²) < 4.78 is 34.7. The molecule has 1 aliphatic heterocycles. The summed E-state index contributed by atoms with van der Waals surface area (Å²) in [6.07, 6.45) is -0.0851. The molecule has 0 N–H and O–H groups in total. The largest absolute Gasteiger partial charge is 0.482 e. The van der Waals surface area contributed by atoms with Crippen LogP contribution in [-0.2, 0) is 14.6 Å². The van der Waals surface area contributed by atoms with Crippen LogP contribution < -0.4 is 14.4 Å². The van der Waals surface area contributed by atoms with Crippen molar-refractivity contribution in [3.05, 3.63) is 48.5 Å². The predicted octanol–water partition coefficient (Wildman–Crippen LogP) is 2.28. The van der Waals surface area contributed by atoms with Crippen molar-refractivity contribution in [3.63, 3.8) is 0 Å². The molecule has 0 fully saturated rings. The Balaban J connectivity index is 1.81. The summed E-state index contributed by atoms with van der Waals surface area (Å²) >= 11 is 0. The van der Waals surface area contributed by atoms with Gasteiger partial charge in [-0.25, -0.2) is 8.42 Å². The van der Waals surface area contributed by atoms with E-state index in [1.54, 1.807) is 38.2 Å². The van der Waals surface area contributed by atoms with E-state index in [-0.39, 0.29) is 10.8 Å². The van der Waals surface area contributed by atoms with E-state index in [0.29, 0.717) is 17.2 Å². The van der Waals surface area contributed by atoms with Gasteiger partial charge in [-0.15, -0.1) is 0 Å². The molecule has 1 aliphatic rings. The van der Waals surface area contributed by atoms with E-state index in [2.05, 4.69) is 0 Å². The third kappa shape index (κ3) is 3.46. The second-order valence-electron chi connectivity index (χ2n) is 5.97. The highest BCUT2D eigenvalue weighted by molar-refractivity contribution is 7.90. The average Bonchev–Trinajstić information content (AvgIpc) is 2.59. The molecule has 0 bridgehead atoms. The molecule has 25 heavy (non-hydrogen) atoms. The summed E-state index contributed by atoms with van der Waals surface area (Å²) in [6, 6.07) is 13.3. The van der Waals surface area contributed by atoms with Crippen LogP contribution in [0, 0.1) is 0 Å². The number of fused-ring (bicyclic) bond motifs is 1. The number of hydrogen-bond acceptors (Lipinski definition) is 5. The average molecular weight is 361 g/mol. The minimum atomic E-state index is -3.28. The molecule has 3 rings (SSSR count). The topological polar surface area (TPSA) is 72.9 Å². The van der Waals surface area contributed by atoms with Crippen LogP contribution >= 0.6 is 0 Å². The summed E-state index contributed by atoms with van der Waals surface area (Å²) in [5.74, 6) is 0.869. The number of sulfone groups is 1. The molecule has 6 nitrogen and oxygen atoms in total. The number of carbonyl (C=O) groups excluding carboxylic acids is 1. The molecule has 0 spiro atoms. The lowest BCUT2D eigenvalue weighted by Crippen LogP contribution is -2.49. The highest BCUT2D eigenvalue weighted by atomic mass is 32.2. The van der Waals surface area contributed by atoms with Gasteiger partial charge in [-0.05, 0) is 43.3 Å². The van der Waals surface area contributed by atoms with Crippen LogP contribution in [0.1, 0.15) is 6.92 Å². The molecule has 0 aromatic heterocycles. The van der Waals surface area contributed by atoms with E-state index in [0.717, 1.165) is 6.26 Å². The standard InChI is InChI=1S/C18H19NO5S/c1-12-17(24-16-7-5-4-6-15(16)23-12)18(20)19(2)13-8-10-14(11-9-13)25(3,21)22/h4-12,17H,1-3H3. The Labute approximate surface area is 146 Å². The monoisotopic (exact) mass is 361 g/mol. The molecule has 1 amide bonds. The van der Waals surface area contributed by atoms with Crippen LogP contribution in [0.3, 0.4) is 0 Å². The molecular formula is C18H19NO5S. The van der Waals surface area contributed by atoms with Gasteiger partial charge in [-0.3, -0.25) is 4.79 Å². The fourth-order valence-corrected chi connectivity index (χ4v) is 3.26. The molecule has 7 heteroatoms. The number of carbonyl (C=O) groups is 1. The zero-order valence-corrected chi connectivity index (χ0v) is 15.0. The minimum Gasteiger partial charge on any atom is -0.482 e. The predicted molar refractivity (Wildman–Crippen MR) is 93.9 cm³/mol. The number of likely N-dealkylation sites (N-methyl/N-ethyl adjacent to an activating group) is 1. The number of ether oxygens (including phenoxy) is 2. The van der Waals surface area contributed by atoms with Gasteiger partial charge >= 0.3 is 0 Å². The Morgan fingerprint density at radius 1 is 1.00 bits per heavy atom. The molecule has 2 aromatic carbocycles. The molecule has 0 aliphatic carbocycles. The first-order valence-corrected chi connectivity index (χ1v) is 9.66.